The Morgan fingerprint density at radius 1 is 1.29 bits per heavy atom. The first-order valence-electron chi connectivity index (χ1n) is 9.22. The van der Waals surface area contributed by atoms with E-state index in [1.165, 1.54) is 12.3 Å². The largest absolute Gasteiger partial charge is 0.505 e. The van der Waals surface area contributed by atoms with Crippen molar-refractivity contribution in [1.29, 1.82) is 0 Å². The first-order chi connectivity index (χ1) is 13.6. The highest BCUT2D eigenvalue weighted by Gasteiger charge is 2.30. The first-order valence-corrected chi connectivity index (χ1v) is 9.60. The molecule has 0 saturated carbocycles. The molecule has 1 fully saturated rings. The number of halogens is 1. The van der Waals surface area contributed by atoms with E-state index in [1.807, 2.05) is 24.3 Å². The number of hydrogen-bond acceptors (Lipinski definition) is 5. The number of pyridine rings is 1. The molecule has 0 radical (unpaired) electrons. The van der Waals surface area contributed by atoms with Gasteiger partial charge in [0.2, 0.25) is 0 Å². The van der Waals surface area contributed by atoms with Crippen LogP contribution in [0, 0.1) is 0 Å². The highest BCUT2D eigenvalue weighted by molar-refractivity contribution is 6.30. The van der Waals surface area contributed by atoms with Crippen molar-refractivity contribution in [1.82, 2.24) is 14.9 Å². The van der Waals surface area contributed by atoms with Crippen LogP contribution in [0.25, 0.3) is 0 Å². The topological polar surface area (TPSA) is 79.5 Å². The van der Waals surface area contributed by atoms with Gasteiger partial charge in [0, 0.05) is 30.7 Å². The van der Waals surface area contributed by atoms with Crippen molar-refractivity contribution < 1.29 is 14.3 Å². The van der Waals surface area contributed by atoms with Gasteiger partial charge >= 0.3 is 0 Å². The number of carbonyl (C=O) groups is 1. The van der Waals surface area contributed by atoms with Crippen molar-refractivity contribution in [3.8, 4) is 5.75 Å². The van der Waals surface area contributed by atoms with Gasteiger partial charge in [-0.2, -0.15) is 0 Å². The molecule has 0 bridgehead atoms. The number of aromatic hydroxyl groups is 1. The fraction of sp³-hybridized carbons (Fsp3) is 0.286. The van der Waals surface area contributed by atoms with E-state index in [0.717, 1.165) is 24.2 Å². The van der Waals surface area contributed by atoms with Crippen LogP contribution in [0.3, 0.4) is 0 Å². The number of hydrogen-bond donors (Lipinski definition) is 1. The normalized spacial score (nSPS) is 16.9. The number of carbonyl (C=O) groups excluding carboxylic acids is 1. The Morgan fingerprint density at radius 2 is 2.18 bits per heavy atom. The lowest BCUT2D eigenvalue weighted by atomic mass is 9.97. The standard InChI is InChI=1S/C21H20ClN3O3/c22-16-6-1-4-14(10-16)11-17-12-24-20(28-17)15-5-3-9-25(13-15)21(27)19-18(26)7-2-8-23-19/h1-2,4,6-8,10,12,15,26H,3,5,9,11,13H2. The Hall–Kier alpha value is -2.86. The predicted molar refractivity (Wildman–Crippen MR) is 105 cm³/mol. The molecule has 1 aromatic carbocycles. The maximum absolute atomic E-state index is 12.7. The van der Waals surface area contributed by atoms with Crippen LogP contribution < -0.4 is 0 Å². The van der Waals surface area contributed by atoms with Crippen molar-refractivity contribution in [3.63, 3.8) is 0 Å². The predicted octanol–water partition coefficient (Wildman–Crippen LogP) is 4.04. The molecular weight excluding hydrogens is 378 g/mol. The Bertz CT molecular complexity index is 988. The van der Waals surface area contributed by atoms with Crippen LogP contribution in [-0.4, -0.2) is 39.0 Å². The van der Waals surface area contributed by atoms with E-state index in [-0.39, 0.29) is 23.3 Å². The van der Waals surface area contributed by atoms with Gasteiger partial charge in [0.15, 0.2) is 11.6 Å². The third kappa shape index (κ3) is 4.02. The smallest absolute Gasteiger partial charge is 0.276 e. The minimum Gasteiger partial charge on any atom is -0.505 e. The third-order valence-electron chi connectivity index (χ3n) is 4.89. The molecule has 3 heterocycles. The number of likely N-dealkylation sites (tertiary alicyclic amines) is 1. The Kier molecular flexibility index (Phi) is 5.30. The first kappa shape index (κ1) is 18.5. The molecule has 1 unspecified atom stereocenters. The molecule has 2 aromatic heterocycles. The van der Waals surface area contributed by atoms with Crippen molar-refractivity contribution >= 4 is 17.5 Å². The molecule has 1 saturated heterocycles. The molecule has 0 spiro atoms. The van der Waals surface area contributed by atoms with Crippen molar-refractivity contribution in [2.45, 2.75) is 25.2 Å². The van der Waals surface area contributed by atoms with Crippen LogP contribution in [0.5, 0.6) is 5.75 Å². The average Bonchev–Trinajstić information content (AvgIpc) is 3.16. The van der Waals surface area contributed by atoms with E-state index in [4.69, 9.17) is 16.0 Å². The molecular formula is C21H20ClN3O3. The highest BCUT2D eigenvalue weighted by Crippen LogP contribution is 2.29. The Labute approximate surface area is 167 Å². The summed E-state index contributed by atoms with van der Waals surface area (Å²) in [4.78, 5) is 22.9. The summed E-state index contributed by atoms with van der Waals surface area (Å²) in [5, 5.41) is 10.6. The van der Waals surface area contributed by atoms with Gasteiger partial charge in [-0.3, -0.25) is 4.79 Å². The quantitative estimate of drug-likeness (QED) is 0.718. The van der Waals surface area contributed by atoms with Crippen LogP contribution in [0.15, 0.2) is 53.2 Å². The van der Waals surface area contributed by atoms with Crippen LogP contribution in [0.4, 0.5) is 0 Å². The maximum atomic E-state index is 12.7. The lowest BCUT2D eigenvalue weighted by molar-refractivity contribution is 0.0688. The van der Waals surface area contributed by atoms with Gasteiger partial charge in [0.1, 0.15) is 11.5 Å². The van der Waals surface area contributed by atoms with Crippen LogP contribution in [-0.2, 0) is 6.42 Å². The molecule has 1 atom stereocenters. The average molecular weight is 398 g/mol. The lowest BCUT2D eigenvalue weighted by Crippen LogP contribution is -2.39. The molecule has 28 heavy (non-hydrogen) atoms. The van der Waals surface area contributed by atoms with Crippen LogP contribution in [0.1, 0.15) is 46.5 Å². The summed E-state index contributed by atoms with van der Waals surface area (Å²) in [5.41, 5.74) is 1.14. The van der Waals surface area contributed by atoms with E-state index >= 15 is 0 Å². The van der Waals surface area contributed by atoms with Gasteiger partial charge in [0.25, 0.3) is 5.91 Å². The molecule has 1 N–H and O–H groups in total. The summed E-state index contributed by atoms with van der Waals surface area (Å²) in [6.45, 7) is 1.12. The summed E-state index contributed by atoms with van der Waals surface area (Å²) >= 11 is 6.04. The summed E-state index contributed by atoms with van der Waals surface area (Å²) < 4.78 is 5.97. The monoisotopic (exact) mass is 397 g/mol. The molecule has 4 rings (SSSR count). The van der Waals surface area contributed by atoms with Crippen LogP contribution >= 0.6 is 11.6 Å². The van der Waals surface area contributed by atoms with Gasteiger partial charge < -0.3 is 14.4 Å². The molecule has 144 valence electrons. The van der Waals surface area contributed by atoms with E-state index in [2.05, 4.69) is 9.97 Å². The fourth-order valence-electron chi connectivity index (χ4n) is 3.52. The highest BCUT2D eigenvalue weighted by atomic mass is 35.5. The van der Waals surface area contributed by atoms with Crippen molar-refractivity contribution in [3.05, 3.63) is 76.7 Å². The summed E-state index contributed by atoms with van der Waals surface area (Å²) in [5.74, 6) is 1.06. The molecule has 1 amide bonds. The van der Waals surface area contributed by atoms with Gasteiger partial charge in [-0.1, -0.05) is 23.7 Å². The maximum Gasteiger partial charge on any atom is 0.276 e. The van der Waals surface area contributed by atoms with E-state index in [9.17, 15) is 9.90 Å². The number of piperidine rings is 1. The zero-order chi connectivity index (χ0) is 19.5. The van der Waals surface area contributed by atoms with Crippen LogP contribution in [0.2, 0.25) is 5.02 Å². The minimum absolute atomic E-state index is 0.0247. The number of amides is 1. The Balaban J connectivity index is 1.46. The number of nitrogens with zero attached hydrogens (tertiary/aromatic N) is 3. The molecule has 1 aliphatic heterocycles. The lowest BCUT2D eigenvalue weighted by Gasteiger charge is -2.31. The van der Waals surface area contributed by atoms with Gasteiger partial charge in [0.05, 0.1) is 12.1 Å². The SMILES string of the molecule is O=C(c1ncccc1O)N1CCCC(c2ncc(Cc3cccc(Cl)c3)o2)C1. The van der Waals surface area contributed by atoms with E-state index in [1.54, 1.807) is 17.2 Å². The van der Waals surface area contributed by atoms with Gasteiger partial charge in [-0.25, -0.2) is 9.97 Å². The second kappa shape index (κ2) is 8.02. The second-order valence-electron chi connectivity index (χ2n) is 6.93. The number of aromatic nitrogens is 2. The summed E-state index contributed by atoms with van der Waals surface area (Å²) in [7, 11) is 0. The summed E-state index contributed by atoms with van der Waals surface area (Å²) in [6.07, 6.45) is 5.60. The third-order valence-corrected chi connectivity index (χ3v) is 5.12. The second-order valence-corrected chi connectivity index (χ2v) is 7.37. The van der Waals surface area contributed by atoms with E-state index in [0.29, 0.717) is 30.4 Å². The zero-order valence-corrected chi connectivity index (χ0v) is 16.0. The van der Waals surface area contributed by atoms with Gasteiger partial charge in [-0.05, 0) is 42.7 Å². The minimum atomic E-state index is -0.270. The molecule has 7 heteroatoms. The fourth-order valence-corrected chi connectivity index (χ4v) is 3.73. The van der Waals surface area contributed by atoms with E-state index < -0.39 is 0 Å². The summed E-state index contributed by atoms with van der Waals surface area (Å²) in [6, 6.07) is 10.7. The van der Waals surface area contributed by atoms with Crippen molar-refractivity contribution in [2.75, 3.05) is 13.1 Å². The zero-order valence-electron chi connectivity index (χ0n) is 15.2. The van der Waals surface area contributed by atoms with Gasteiger partial charge in [-0.15, -0.1) is 0 Å². The molecule has 1 aliphatic rings. The number of rotatable bonds is 4. The molecule has 6 nitrogen and oxygen atoms in total. The Morgan fingerprint density at radius 3 is 3.00 bits per heavy atom. The molecule has 0 aliphatic carbocycles. The van der Waals surface area contributed by atoms with Crippen molar-refractivity contribution in [2.24, 2.45) is 0 Å². The number of oxazole rings is 1. The molecule has 3 aromatic rings. The number of benzene rings is 1.